The van der Waals surface area contributed by atoms with E-state index in [-0.39, 0.29) is 12.1 Å². The first-order chi connectivity index (χ1) is 18.2. The van der Waals surface area contributed by atoms with Crippen molar-refractivity contribution in [2.24, 2.45) is 11.8 Å². The van der Waals surface area contributed by atoms with Crippen LogP contribution in [0.25, 0.3) is 10.8 Å². The minimum Gasteiger partial charge on any atom is -0.461 e. The van der Waals surface area contributed by atoms with E-state index in [0.717, 1.165) is 63.6 Å². The molecule has 0 spiro atoms. The molecule has 37 heavy (non-hydrogen) atoms. The second-order valence-corrected chi connectivity index (χ2v) is 11.1. The number of benzene rings is 3. The third kappa shape index (κ3) is 5.83. The third-order valence-electron chi connectivity index (χ3n) is 8.83. The number of hydrogen-bond donors (Lipinski definition) is 1. The average Bonchev–Trinajstić information content (AvgIpc) is 3.20. The monoisotopic (exact) mass is 495 g/mol. The van der Waals surface area contributed by atoms with Crippen LogP contribution in [-0.2, 0) is 21.4 Å². The van der Waals surface area contributed by atoms with E-state index in [4.69, 9.17) is 4.74 Å². The van der Waals surface area contributed by atoms with Crippen molar-refractivity contribution in [3.8, 4) is 0 Å². The van der Waals surface area contributed by atoms with Gasteiger partial charge in [0.25, 0.3) is 0 Å². The summed E-state index contributed by atoms with van der Waals surface area (Å²) in [6.45, 7) is 5.94. The lowest BCUT2D eigenvalue weighted by molar-refractivity contribution is -0.169. The molecule has 0 amide bonds. The Hall–Kier alpha value is -2.91. The second kappa shape index (κ2) is 12.1. The molecule has 0 saturated heterocycles. The SMILES string of the molecule is C=CC1C[C@H](OC(=O)C2(c3ccccc3)CCCCCC2)C1CCNCCc1ccc2ccccc2c1. The quantitative estimate of drug-likeness (QED) is 0.138. The number of nitrogens with one attached hydrogen (secondary N) is 1. The maximum Gasteiger partial charge on any atom is 0.316 e. The molecule has 194 valence electrons. The summed E-state index contributed by atoms with van der Waals surface area (Å²) in [7, 11) is 0. The van der Waals surface area contributed by atoms with Gasteiger partial charge < -0.3 is 10.1 Å². The van der Waals surface area contributed by atoms with E-state index in [1.807, 2.05) is 6.07 Å². The zero-order valence-electron chi connectivity index (χ0n) is 22.0. The Morgan fingerprint density at radius 1 is 0.919 bits per heavy atom. The van der Waals surface area contributed by atoms with Crippen molar-refractivity contribution in [1.82, 2.24) is 5.32 Å². The summed E-state index contributed by atoms with van der Waals surface area (Å²) < 4.78 is 6.34. The Morgan fingerprint density at radius 2 is 1.65 bits per heavy atom. The topological polar surface area (TPSA) is 38.3 Å². The average molecular weight is 496 g/mol. The first-order valence-electron chi connectivity index (χ1n) is 14.3. The van der Waals surface area contributed by atoms with Crippen molar-refractivity contribution in [2.75, 3.05) is 13.1 Å². The van der Waals surface area contributed by atoms with Gasteiger partial charge in [-0.3, -0.25) is 4.79 Å². The highest BCUT2D eigenvalue weighted by Crippen LogP contribution is 2.44. The molecule has 2 unspecified atom stereocenters. The molecule has 2 fully saturated rings. The Kier molecular flexibility index (Phi) is 8.41. The van der Waals surface area contributed by atoms with Crippen LogP contribution in [0, 0.1) is 11.8 Å². The van der Waals surface area contributed by atoms with Crippen molar-refractivity contribution in [1.29, 1.82) is 0 Å². The lowest BCUT2D eigenvalue weighted by atomic mass is 9.68. The van der Waals surface area contributed by atoms with Gasteiger partial charge in [-0.05, 0) is 73.0 Å². The molecule has 0 aromatic heterocycles. The van der Waals surface area contributed by atoms with Crippen LogP contribution in [0.1, 0.15) is 62.5 Å². The van der Waals surface area contributed by atoms with E-state index >= 15 is 0 Å². The molecular weight excluding hydrogens is 454 g/mol. The molecule has 3 atom stereocenters. The fourth-order valence-corrected chi connectivity index (χ4v) is 6.48. The van der Waals surface area contributed by atoms with Crippen molar-refractivity contribution in [2.45, 2.75) is 69.3 Å². The number of carbonyl (C=O) groups excluding carboxylic acids is 1. The number of rotatable bonds is 10. The van der Waals surface area contributed by atoms with Crippen LogP contribution in [0.15, 0.2) is 85.5 Å². The minimum absolute atomic E-state index is 0.00151. The van der Waals surface area contributed by atoms with Gasteiger partial charge in [-0.2, -0.15) is 0 Å². The van der Waals surface area contributed by atoms with Gasteiger partial charge in [0.2, 0.25) is 0 Å². The van der Waals surface area contributed by atoms with Gasteiger partial charge in [0, 0.05) is 5.92 Å². The van der Waals surface area contributed by atoms with E-state index in [1.54, 1.807) is 0 Å². The van der Waals surface area contributed by atoms with Crippen molar-refractivity contribution < 1.29 is 9.53 Å². The molecule has 2 aliphatic rings. The number of fused-ring (bicyclic) bond motifs is 1. The highest BCUT2D eigenvalue weighted by atomic mass is 16.5. The van der Waals surface area contributed by atoms with Crippen molar-refractivity contribution in [3.05, 3.63) is 96.6 Å². The Morgan fingerprint density at radius 3 is 2.41 bits per heavy atom. The number of allylic oxidation sites excluding steroid dienone is 1. The lowest BCUT2D eigenvalue weighted by Crippen LogP contribution is -2.48. The van der Waals surface area contributed by atoms with Crippen LogP contribution < -0.4 is 5.32 Å². The molecule has 0 aliphatic heterocycles. The number of hydrogen-bond acceptors (Lipinski definition) is 3. The van der Waals surface area contributed by atoms with Crippen LogP contribution in [0.2, 0.25) is 0 Å². The Labute approximate surface area is 222 Å². The van der Waals surface area contributed by atoms with Crippen LogP contribution in [0.5, 0.6) is 0 Å². The van der Waals surface area contributed by atoms with Crippen molar-refractivity contribution >= 4 is 16.7 Å². The second-order valence-electron chi connectivity index (χ2n) is 11.1. The summed E-state index contributed by atoms with van der Waals surface area (Å²) in [6.07, 6.45) is 11.4. The summed E-state index contributed by atoms with van der Waals surface area (Å²) in [6, 6.07) is 25.6. The number of esters is 1. The van der Waals surface area contributed by atoms with Gasteiger partial charge in [-0.1, -0.05) is 105 Å². The van der Waals surface area contributed by atoms with Crippen LogP contribution >= 0.6 is 0 Å². The molecule has 3 aromatic carbocycles. The van der Waals surface area contributed by atoms with E-state index < -0.39 is 5.41 Å². The zero-order chi connectivity index (χ0) is 25.5. The van der Waals surface area contributed by atoms with Crippen molar-refractivity contribution in [3.63, 3.8) is 0 Å². The smallest absolute Gasteiger partial charge is 0.316 e. The molecule has 2 aliphatic carbocycles. The third-order valence-corrected chi connectivity index (χ3v) is 8.83. The summed E-state index contributed by atoms with van der Waals surface area (Å²) in [5, 5.41) is 6.22. The van der Waals surface area contributed by atoms with Crippen LogP contribution in [0.4, 0.5) is 0 Å². The van der Waals surface area contributed by atoms with Gasteiger partial charge in [0.05, 0.1) is 5.41 Å². The van der Waals surface area contributed by atoms with E-state index in [2.05, 4.69) is 84.7 Å². The maximum atomic E-state index is 13.8. The molecule has 3 nitrogen and oxygen atoms in total. The van der Waals surface area contributed by atoms with Crippen LogP contribution in [0.3, 0.4) is 0 Å². The summed E-state index contributed by atoms with van der Waals surface area (Å²) in [4.78, 5) is 13.8. The predicted octanol–water partition coefficient (Wildman–Crippen LogP) is 7.39. The molecule has 2 saturated carbocycles. The minimum atomic E-state index is -0.486. The van der Waals surface area contributed by atoms with Gasteiger partial charge in [-0.15, -0.1) is 6.58 Å². The number of ether oxygens (including phenoxy) is 1. The summed E-state index contributed by atoms with van der Waals surface area (Å²) in [5.74, 6) is 0.789. The van der Waals surface area contributed by atoms with E-state index in [9.17, 15) is 4.79 Å². The molecule has 5 rings (SSSR count). The zero-order valence-corrected chi connectivity index (χ0v) is 22.0. The van der Waals surface area contributed by atoms with Gasteiger partial charge >= 0.3 is 5.97 Å². The molecule has 3 aromatic rings. The fraction of sp³-hybridized carbons (Fsp3) is 0.441. The largest absolute Gasteiger partial charge is 0.461 e. The molecule has 0 heterocycles. The first kappa shape index (κ1) is 25.7. The van der Waals surface area contributed by atoms with Gasteiger partial charge in [-0.25, -0.2) is 0 Å². The molecule has 0 radical (unpaired) electrons. The Balaban J connectivity index is 1.15. The normalized spacial score (nSPS) is 23.1. The standard InChI is InChI=1S/C34H41NO2/c1-2-27-25-32(37-33(36)34(20-10-3-4-11-21-34)30-14-6-5-7-15-30)31(27)19-23-35-22-18-26-16-17-28-12-8-9-13-29(28)24-26/h2,5-9,12-17,24,27,31-32,35H,1,3-4,10-11,18-23,25H2/t27?,31?,32-/m0/s1. The van der Waals surface area contributed by atoms with Gasteiger partial charge in [0.1, 0.15) is 6.10 Å². The lowest BCUT2D eigenvalue weighted by Gasteiger charge is -2.44. The van der Waals surface area contributed by atoms with E-state index in [0.29, 0.717) is 11.8 Å². The summed E-state index contributed by atoms with van der Waals surface area (Å²) in [5.41, 5.74) is 2.01. The van der Waals surface area contributed by atoms with Crippen LogP contribution in [-0.4, -0.2) is 25.2 Å². The molecule has 0 bridgehead atoms. The fourth-order valence-electron chi connectivity index (χ4n) is 6.48. The number of carbonyl (C=O) groups is 1. The first-order valence-corrected chi connectivity index (χ1v) is 14.3. The Bertz CT molecular complexity index is 1180. The maximum absolute atomic E-state index is 13.8. The molecular formula is C34H41NO2. The van der Waals surface area contributed by atoms with Gasteiger partial charge in [0.15, 0.2) is 0 Å². The molecule has 1 N–H and O–H groups in total. The molecule has 3 heteroatoms. The summed E-state index contributed by atoms with van der Waals surface area (Å²) >= 11 is 0. The highest BCUT2D eigenvalue weighted by Gasteiger charge is 2.47. The van der Waals surface area contributed by atoms with E-state index in [1.165, 1.54) is 29.2 Å². The highest BCUT2D eigenvalue weighted by molar-refractivity contribution is 5.84. The predicted molar refractivity (Wildman–Crippen MR) is 153 cm³/mol.